The summed E-state index contributed by atoms with van der Waals surface area (Å²) in [5.41, 5.74) is 0.788. The average Bonchev–Trinajstić information content (AvgIpc) is 2.57. The van der Waals surface area contributed by atoms with E-state index < -0.39 is 6.10 Å². The monoisotopic (exact) mass is 260 g/mol. The molecule has 76 valence electrons. The van der Waals surface area contributed by atoms with E-state index in [1.807, 2.05) is 0 Å². The fourth-order valence-electron chi connectivity index (χ4n) is 1.60. The van der Waals surface area contributed by atoms with Gasteiger partial charge in [0.1, 0.15) is 5.82 Å². The van der Waals surface area contributed by atoms with Crippen molar-refractivity contribution in [3.8, 4) is 0 Å². The topological polar surface area (TPSA) is 29.5 Å². The lowest BCUT2D eigenvalue weighted by atomic mass is 9.96. The molecule has 2 rings (SSSR count). The average molecular weight is 261 g/mol. The van der Waals surface area contributed by atoms with Gasteiger partial charge in [-0.15, -0.1) is 0 Å². The van der Waals surface area contributed by atoms with Crippen LogP contribution in [0.25, 0.3) is 0 Å². The van der Waals surface area contributed by atoms with Crippen LogP contribution in [0.4, 0.5) is 4.39 Å². The third-order valence-corrected chi connectivity index (χ3v) is 3.07. The molecule has 0 aromatic heterocycles. The third kappa shape index (κ3) is 1.82. The molecule has 2 nitrogen and oxygen atoms in total. The molecule has 1 aromatic carbocycles. The maximum atomic E-state index is 13.2. The zero-order chi connectivity index (χ0) is 10.1. The zero-order valence-electron chi connectivity index (χ0n) is 7.41. The van der Waals surface area contributed by atoms with Crippen molar-refractivity contribution in [2.45, 2.75) is 12.0 Å². The minimum atomic E-state index is -0.518. The number of aliphatic hydroxyl groups excluding tert-OH is 1. The number of benzene rings is 1. The van der Waals surface area contributed by atoms with Gasteiger partial charge in [-0.2, -0.15) is 0 Å². The van der Waals surface area contributed by atoms with E-state index in [1.165, 1.54) is 6.07 Å². The maximum Gasteiger partial charge on any atom is 0.137 e. The van der Waals surface area contributed by atoms with Crippen LogP contribution < -0.4 is 0 Å². The molecular formula is C10H10BrFO2. The van der Waals surface area contributed by atoms with Crippen molar-refractivity contribution in [1.82, 2.24) is 0 Å². The highest BCUT2D eigenvalue weighted by molar-refractivity contribution is 9.10. The fourth-order valence-corrected chi connectivity index (χ4v) is 1.85. The van der Waals surface area contributed by atoms with Gasteiger partial charge in [-0.05, 0) is 33.6 Å². The molecule has 0 saturated carbocycles. The second kappa shape index (κ2) is 3.96. The summed E-state index contributed by atoms with van der Waals surface area (Å²) in [5, 5.41) is 9.54. The van der Waals surface area contributed by atoms with Gasteiger partial charge in [-0.3, -0.25) is 0 Å². The first-order valence-corrected chi connectivity index (χ1v) is 5.18. The highest BCUT2D eigenvalue weighted by Gasteiger charge is 2.27. The molecule has 4 heteroatoms. The number of rotatable bonds is 1. The van der Waals surface area contributed by atoms with Gasteiger partial charge in [-0.25, -0.2) is 4.39 Å². The summed E-state index contributed by atoms with van der Waals surface area (Å²) in [6.07, 6.45) is -0.518. The molecule has 1 saturated heterocycles. The number of hydrogen-bond acceptors (Lipinski definition) is 2. The quantitative estimate of drug-likeness (QED) is 0.838. The minimum Gasteiger partial charge on any atom is -0.390 e. The van der Waals surface area contributed by atoms with Gasteiger partial charge in [0, 0.05) is 5.92 Å². The predicted molar refractivity (Wildman–Crippen MR) is 53.7 cm³/mol. The van der Waals surface area contributed by atoms with Crippen LogP contribution in [0.2, 0.25) is 0 Å². The number of aliphatic hydroxyl groups is 1. The summed E-state index contributed by atoms with van der Waals surface area (Å²) in [6.45, 7) is 0.796. The Balaban J connectivity index is 2.28. The van der Waals surface area contributed by atoms with Gasteiger partial charge < -0.3 is 9.84 Å². The molecule has 0 aliphatic carbocycles. The third-order valence-electron chi connectivity index (χ3n) is 2.42. The molecule has 1 unspecified atom stereocenters. The van der Waals surface area contributed by atoms with E-state index in [0.717, 1.165) is 5.56 Å². The van der Waals surface area contributed by atoms with E-state index in [0.29, 0.717) is 17.7 Å². The number of hydrogen-bond donors (Lipinski definition) is 1. The molecule has 0 bridgehead atoms. The van der Waals surface area contributed by atoms with E-state index in [-0.39, 0.29) is 11.7 Å². The number of ether oxygens (including phenoxy) is 1. The van der Waals surface area contributed by atoms with Crippen molar-refractivity contribution in [2.24, 2.45) is 0 Å². The first kappa shape index (κ1) is 10.1. The molecule has 1 fully saturated rings. The first-order valence-electron chi connectivity index (χ1n) is 4.39. The van der Waals surface area contributed by atoms with Crippen molar-refractivity contribution < 1.29 is 14.2 Å². The van der Waals surface area contributed by atoms with Crippen LogP contribution in [0.15, 0.2) is 22.7 Å². The van der Waals surface area contributed by atoms with Crippen molar-refractivity contribution >= 4 is 15.9 Å². The van der Waals surface area contributed by atoms with Gasteiger partial charge in [-0.1, -0.05) is 6.07 Å². The van der Waals surface area contributed by atoms with E-state index in [4.69, 9.17) is 4.74 Å². The summed E-state index contributed by atoms with van der Waals surface area (Å²) in [4.78, 5) is 0. The summed E-state index contributed by atoms with van der Waals surface area (Å²) in [6, 6.07) is 4.89. The van der Waals surface area contributed by atoms with E-state index >= 15 is 0 Å². The van der Waals surface area contributed by atoms with Crippen LogP contribution in [0.1, 0.15) is 11.5 Å². The summed E-state index contributed by atoms with van der Waals surface area (Å²) in [7, 11) is 0. The Morgan fingerprint density at radius 2 is 2.21 bits per heavy atom. The Morgan fingerprint density at radius 1 is 1.43 bits per heavy atom. The minimum absolute atomic E-state index is 0.0994. The lowest BCUT2D eigenvalue weighted by Crippen LogP contribution is -2.15. The normalized spacial score (nSPS) is 26.8. The first-order chi connectivity index (χ1) is 6.68. The molecule has 1 N–H and O–H groups in total. The van der Waals surface area contributed by atoms with Crippen LogP contribution in [-0.2, 0) is 4.74 Å². The van der Waals surface area contributed by atoms with Crippen LogP contribution >= 0.6 is 15.9 Å². The lowest BCUT2D eigenvalue weighted by molar-refractivity contribution is 0.124. The molecule has 0 amide bonds. The molecule has 1 aliphatic rings. The molecule has 0 radical (unpaired) electrons. The van der Waals surface area contributed by atoms with Crippen molar-refractivity contribution in [3.05, 3.63) is 34.1 Å². The molecule has 14 heavy (non-hydrogen) atoms. The summed E-state index contributed by atoms with van der Waals surface area (Å²) < 4.78 is 18.7. The van der Waals surface area contributed by atoms with Gasteiger partial charge in [0.2, 0.25) is 0 Å². The molecule has 1 heterocycles. The van der Waals surface area contributed by atoms with Gasteiger partial charge >= 0.3 is 0 Å². The van der Waals surface area contributed by atoms with Gasteiger partial charge in [0.15, 0.2) is 0 Å². The van der Waals surface area contributed by atoms with Crippen molar-refractivity contribution in [2.75, 3.05) is 13.2 Å². The molecule has 2 atom stereocenters. The fraction of sp³-hybridized carbons (Fsp3) is 0.400. The Hall–Kier alpha value is -0.450. The number of halogens is 2. The SMILES string of the molecule is O[C@H]1COCC1c1ccc(Br)c(F)c1. The summed E-state index contributed by atoms with van der Waals surface area (Å²) in [5.74, 6) is -0.404. The van der Waals surface area contributed by atoms with Crippen molar-refractivity contribution in [3.63, 3.8) is 0 Å². The summed E-state index contributed by atoms with van der Waals surface area (Å²) >= 11 is 3.08. The molecule has 1 aromatic rings. The van der Waals surface area contributed by atoms with Crippen LogP contribution in [0.3, 0.4) is 0 Å². The second-order valence-electron chi connectivity index (χ2n) is 3.38. The molecule has 0 spiro atoms. The lowest BCUT2D eigenvalue weighted by Gasteiger charge is -2.12. The van der Waals surface area contributed by atoms with Crippen LogP contribution in [0, 0.1) is 5.82 Å². The van der Waals surface area contributed by atoms with E-state index in [1.54, 1.807) is 12.1 Å². The van der Waals surface area contributed by atoms with E-state index in [9.17, 15) is 9.50 Å². The Bertz CT molecular complexity index is 343. The zero-order valence-corrected chi connectivity index (χ0v) is 9.00. The van der Waals surface area contributed by atoms with E-state index in [2.05, 4.69) is 15.9 Å². The maximum absolute atomic E-state index is 13.2. The Morgan fingerprint density at radius 3 is 2.79 bits per heavy atom. The second-order valence-corrected chi connectivity index (χ2v) is 4.24. The van der Waals surface area contributed by atoms with Gasteiger partial charge in [0.25, 0.3) is 0 Å². The predicted octanol–water partition coefficient (Wildman–Crippen LogP) is 2.06. The Labute approximate surface area is 89.8 Å². The smallest absolute Gasteiger partial charge is 0.137 e. The molecular weight excluding hydrogens is 251 g/mol. The van der Waals surface area contributed by atoms with Crippen LogP contribution in [0.5, 0.6) is 0 Å². The Kier molecular flexibility index (Phi) is 2.85. The van der Waals surface area contributed by atoms with Crippen LogP contribution in [-0.4, -0.2) is 24.4 Å². The standard InChI is InChI=1S/C10H10BrFO2/c11-8-2-1-6(3-9(8)12)7-4-14-5-10(7)13/h1-3,7,10,13H,4-5H2/t7?,10-/m0/s1. The molecule has 1 aliphatic heterocycles. The largest absolute Gasteiger partial charge is 0.390 e. The highest BCUT2D eigenvalue weighted by atomic mass is 79.9. The van der Waals surface area contributed by atoms with Gasteiger partial charge in [0.05, 0.1) is 23.8 Å². The van der Waals surface area contributed by atoms with Crippen molar-refractivity contribution in [1.29, 1.82) is 0 Å². The highest BCUT2D eigenvalue weighted by Crippen LogP contribution is 2.28.